The highest BCUT2D eigenvalue weighted by Crippen LogP contribution is 2.19. The Morgan fingerprint density at radius 2 is 2.15 bits per heavy atom. The lowest BCUT2D eigenvalue weighted by molar-refractivity contribution is -0.120. The van der Waals surface area contributed by atoms with Crippen LogP contribution in [0.3, 0.4) is 0 Å². The molecule has 0 saturated carbocycles. The molecule has 2 heterocycles. The minimum Gasteiger partial charge on any atom is -0.408 e. The average molecular weight is 340 g/mol. The van der Waals surface area contributed by atoms with Gasteiger partial charge in [0.15, 0.2) is 5.58 Å². The zero-order valence-electron chi connectivity index (χ0n) is 10.8. The van der Waals surface area contributed by atoms with Gasteiger partial charge in [-0.15, -0.1) is 0 Å². The van der Waals surface area contributed by atoms with Crippen LogP contribution < -0.4 is 11.1 Å². The lowest BCUT2D eigenvalue weighted by atomic mass is 10.3. The minimum atomic E-state index is -0.373. The van der Waals surface area contributed by atoms with Gasteiger partial charge in [-0.2, -0.15) is 0 Å². The third-order valence-electron chi connectivity index (χ3n) is 3.38. The first-order chi connectivity index (χ1) is 9.63. The molecule has 106 valence electrons. The Balaban J connectivity index is 1.88. The number of rotatable bonds is 2. The van der Waals surface area contributed by atoms with Crippen molar-refractivity contribution in [1.82, 2.24) is 14.8 Å². The van der Waals surface area contributed by atoms with E-state index in [1.54, 1.807) is 10.6 Å². The van der Waals surface area contributed by atoms with Crippen molar-refractivity contribution in [2.45, 2.75) is 13.1 Å². The Bertz CT molecular complexity index is 706. The van der Waals surface area contributed by atoms with Gasteiger partial charge < -0.3 is 9.73 Å². The molecule has 1 aliphatic heterocycles. The molecule has 3 rings (SSSR count). The number of halogens is 1. The van der Waals surface area contributed by atoms with E-state index in [0.29, 0.717) is 31.8 Å². The van der Waals surface area contributed by atoms with Crippen molar-refractivity contribution in [3.8, 4) is 0 Å². The largest absolute Gasteiger partial charge is 0.421 e. The predicted octanol–water partition coefficient (Wildman–Crippen LogP) is 1.14. The third-order valence-corrected chi connectivity index (χ3v) is 3.87. The molecule has 6 nitrogen and oxygen atoms in total. The molecule has 0 radical (unpaired) electrons. The maximum Gasteiger partial charge on any atom is 0.421 e. The first-order valence-corrected chi connectivity index (χ1v) is 7.21. The number of benzene rings is 1. The average Bonchev–Trinajstić information content (AvgIpc) is 2.57. The Kier molecular flexibility index (Phi) is 3.62. The predicted molar refractivity (Wildman–Crippen MR) is 77.4 cm³/mol. The van der Waals surface area contributed by atoms with Gasteiger partial charge in [0, 0.05) is 30.5 Å². The molecular formula is C13H14BrN3O3. The number of oxazole rings is 1. The SMILES string of the molecule is O=C1CCN(Cn2c(=O)oc3cc(Br)ccc32)CCN1. The summed E-state index contributed by atoms with van der Waals surface area (Å²) in [5, 5.41) is 2.82. The lowest BCUT2D eigenvalue weighted by Crippen LogP contribution is -2.33. The van der Waals surface area contributed by atoms with Crippen LogP contribution in [0.1, 0.15) is 6.42 Å². The number of nitrogens with zero attached hydrogens (tertiary/aromatic N) is 2. The smallest absolute Gasteiger partial charge is 0.408 e. The first kappa shape index (κ1) is 13.4. The van der Waals surface area contributed by atoms with E-state index in [-0.39, 0.29) is 11.7 Å². The molecule has 1 aromatic heterocycles. The van der Waals surface area contributed by atoms with E-state index in [4.69, 9.17) is 4.42 Å². The molecule has 0 spiro atoms. The maximum atomic E-state index is 11.9. The number of carbonyl (C=O) groups is 1. The number of hydrogen-bond acceptors (Lipinski definition) is 4. The Hall–Kier alpha value is -1.60. The lowest BCUT2D eigenvalue weighted by Gasteiger charge is -2.18. The van der Waals surface area contributed by atoms with Gasteiger partial charge >= 0.3 is 5.76 Å². The molecule has 1 aromatic carbocycles. The zero-order chi connectivity index (χ0) is 14.1. The van der Waals surface area contributed by atoms with Crippen molar-refractivity contribution in [2.75, 3.05) is 19.6 Å². The van der Waals surface area contributed by atoms with E-state index in [1.165, 1.54) is 0 Å². The number of aromatic nitrogens is 1. The molecule has 0 bridgehead atoms. The molecule has 0 atom stereocenters. The highest BCUT2D eigenvalue weighted by atomic mass is 79.9. The molecule has 1 fully saturated rings. The number of fused-ring (bicyclic) bond motifs is 1. The van der Waals surface area contributed by atoms with Crippen LogP contribution in [0.4, 0.5) is 0 Å². The fourth-order valence-corrected chi connectivity index (χ4v) is 2.67. The van der Waals surface area contributed by atoms with Crippen molar-refractivity contribution in [2.24, 2.45) is 0 Å². The van der Waals surface area contributed by atoms with Crippen LogP contribution in [-0.4, -0.2) is 35.0 Å². The highest BCUT2D eigenvalue weighted by molar-refractivity contribution is 9.10. The van der Waals surface area contributed by atoms with E-state index in [0.717, 1.165) is 16.5 Å². The Labute approximate surface area is 123 Å². The van der Waals surface area contributed by atoms with Gasteiger partial charge in [0.05, 0.1) is 12.2 Å². The maximum absolute atomic E-state index is 11.9. The van der Waals surface area contributed by atoms with Crippen LogP contribution in [0.15, 0.2) is 31.9 Å². The van der Waals surface area contributed by atoms with Crippen LogP contribution in [0.25, 0.3) is 11.1 Å². The van der Waals surface area contributed by atoms with Crippen LogP contribution in [0, 0.1) is 0 Å². The number of carbonyl (C=O) groups excluding carboxylic acids is 1. The molecule has 1 saturated heterocycles. The summed E-state index contributed by atoms with van der Waals surface area (Å²) in [5.41, 5.74) is 1.33. The van der Waals surface area contributed by atoms with E-state index >= 15 is 0 Å². The van der Waals surface area contributed by atoms with Crippen molar-refractivity contribution in [3.63, 3.8) is 0 Å². The zero-order valence-corrected chi connectivity index (χ0v) is 12.4. The summed E-state index contributed by atoms with van der Waals surface area (Å²) in [6.07, 6.45) is 0.454. The summed E-state index contributed by atoms with van der Waals surface area (Å²) >= 11 is 3.35. The standard InChI is InChI=1S/C13H14BrN3O3/c14-9-1-2-10-11(7-9)20-13(19)17(10)8-16-5-3-12(18)15-4-6-16/h1-2,7H,3-6,8H2,(H,15,18). The summed E-state index contributed by atoms with van der Waals surface area (Å²) in [4.78, 5) is 25.3. The number of hydrogen-bond donors (Lipinski definition) is 1. The van der Waals surface area contributed by atoms with Gasteiger partial charge in [0.25, 0.3) is 0 Å². The van der Waals surface area contributed by atoms with Crippen LogP contribution >= 0.6 is 15.9 Å². The summed E-state index contributed by atoms with van der Waals surface area (Å²) in [6, 6.07) is 5.51. The van der Waals surface area contributed by atoms with Gasteiger partial charge in [-0.1, -0.05) is 15.9 Å². The van der Waals surface area contributed by atoms with Crippen LogP contribution in [-0.2, 0) is 11.5 Å². The van der Waals surface area contributed by atoms with Crippen LogP contribution in [0.5, 0.6) is 0 Å². The summed E-state index contributed by atoms with van der Waals surface area (Å²) in [5.74, 6) is -0.317. The fourth-order valence-electron chi connectivity index (χ4n) is 2.33. The normalized spacial score (nSPS) is 17.1. The van der Waals surface area contributed by atoms with Crippen molar-refractivity contribution in [1.29, 1.82) is 0 Å². The molecule has 20 heavy (non-hydrogen) atoms. The summed E-state index contributed by atoms with van der Waals surface area (Å²) < 4.78 is 7.71. The monoisotopic (exact) mass is 339 g/mol. The second kappa shape index (κ2) is 5.41. The second-order valence-corrected chi connectivity index (χ2v) is 5.68. The van der Waals surface area contributed by atoms with Gasteiger partial charge in [-0.05, 0) is 18.2 Å². The Morgan fingerprint density at radius 3 is 3.00 bits per heavy atom. The van der Waals surface area contributed by atoms with Crippen LogP contribution in [0.2, 0.25) is 0 Å². The quantitative estimate of drug-likeness (QED) is 0.890. The fraction of sp³-hybridized carbons (Fsp3) is 0.385. The Morgan fingerprint density at radius 1 is 1.30 bits per heavy atom. The van der Waals surface area contributed by atoms with E-state index < -0.39 is 0 Å². The van der Waals surface area contributed by atoms with Crippen molar-refractivity contribution >= 4 is 32.9 Å². The van der Waals surface area contributed by atoms with Gasteiger partial charge in [0.1, 0.15) is 0 Å². The molecule has 2 aromatic rings. The molecule has 0 unspecified atom stereocenters. The minimum absolute atomic E-state index is 0.0563. The third kappa shape index (κ3) is 2.64. The number of amides is 1. The van der Waals surface area contributed by atoms with E-state index in [9.17, 15) is 9.59 Å². The molecular weight excluding hydrogens is 326 g/mol. The van der Waals surface area contributed by atoms with E-state index in [2.05, 4.69) is 26.1 Å². The molecule has 1 aliphatic rings. The molecule has 1 amide bonds. The van der Waals surface area contributed by atoms with Crippen molar-refractivity contribution < 1.29 is 9.21 Å². The molecule has 7 heteroatoms. The molecule has 1 N–H and O–H groups in total. The first-order valence-electron chi connectivity index (χ1n) is 6.41. The van der Waals surface area contributed by atoms with E-state index in [1.807, 2.05) is 12.1 Å². The second-order valence-electron chi connectivity index (χ2n) is 4.77. The number of nitrogens with one attached hydrogen (secondary N) is 1. The van der Waals surface area contributed by atoms with Gasteiger partial charge in [0.2, 0.25) is 5.91 Å². The van der Waals surface area contributed by atoms with Crippen molar-refractivity contribution in [3.05, 3.63) is 33.2 Å². The highest BCUT2D eigenvalue weighted by Gasteiger charge is 2.16. The topological polar surface area (TPSA) is 67.5 Å². The summed E-state index contributed by atoms with van der Waals surface area (Å²) in [6.45, 7) is 2.40. The summed E-state index contributed by atoms with van der Waals surface area (Å²) in [7, 11) is 0. The van der Waals surface area contributed by atoms with Gasteiger partial charge in [-0.3, -0.25) is 14.3 Å². The van der Waals surface area contributed by atoms with Gasteiger partial charge in [-0.25, -0.2) is 4.79 Å². The molecule has 0 aliphatic carbocycles.